The van der Waals surface area contributed by atoms with E-state index in [1.165, 1.54) is 0 Å². The summed E-state index contributed by atoms with van der Waals surface area (Å²) in [5, 5.41) is 14.3. The molecule has 0 radical (unpaired) electrons. The maximum Gasteiger partial charge on any atom is 0.305 e. The van der Waals surface area contributed by atoms with Crippen LogP contribution in [0.3, 0.4) is 0 Å². The van der Waals surface area contributed by atoms with Crippen LogP contribution < -0.4 is 10.6 Å². The Morgan fingerprint density at radius 2 is 1.84 bits per heavy atom. The number of rotatable bonds is 19. The van der Waals surface area contributed by atoms with Gasteiger partial charge in [0.2, 0.25) is 11.8 Å². The van der Waals surface area contributed by atoms with Crippen molar-refractivity contribution in [1.82, 2.24) is 10.6 Å². The van der Waals surface area contributed by atoms with E-state index in [0.717, 1.165) is 19.3 Å². The van der Waals surface area contributed by atoms with Crippen molar-refractivity contribution in [1.29, 1.82) is 0 Å². The number of allylic oxidation sites excluding steroid dienone is 2. The molecule has 8 nitrogen and oxygen atoms in total. The average molecular weight is 441 g/mol. The Kier molecular flexibility index (Phi) is 17.3. The van der Waals surface area contributed by atoms with Gasteiger partial charge in [-0.1, -0.05) is 26.0 Å². The van der Waals surface area contributed by atoms with Gasteiger partial charge in [-0.05, 0) is 31.6 Å². The van der Waals surface area contributed by atoms with Crippen molar-refractivity contribution in [2.75, 3.05) is 33.0 Å². The van der Waals surface area contributed by atoms with E-state index >= 15 is 0 Å². The summed E-state index contributed by atoms with van der Waals surface area (Å²) >= 11 is 0. The molecule has 178 valence electrons. The maximum absolute atomic E-state index is 12.7. The summed E-state index contributed by atoms with van der Waals surface area (Å²) in [5.41, 5.74) is 0. The van der Waals surface area contributed by atoms with Crippen molar-refractivity contribution in [3.05, 3.63) is 25.3 Å². The Morgan fingerprint density at radius 3 is 2.45 bits per heavy atom. The summed E-state index contributed by atoms with van der Waals surface area (Å²) < 4.78 is 10.4. The zero-order chi connectivity index (χ0) is 23.5. The van der Waals surface area contributed by atoms with Gasteiger partial charge >= 0.3 is 5.97 Å². The van der Waals surface area contributed by atoms with E-state index in [9.17, 15) is 14.4 Å². The number of carbonyl (C=O) groups excluding carboxylic acids is 3. The largest absolute Gasteiger partial charge is 0.463 e. The van der Waals surface area contributed by atoms with E-state index in [4.69, 9.17) is 14.6 Å². The molecule has 0 aliphatic carbocycles. The number of hydrogen-bond donors (Lipinski definition) is 3. The molecule has 0 aromatic carbocycles. The molecule has 0 bridgehead atoms. The molecule has 2 atom stereocenters. The van der Waals surface area contributed by atoms with Crippen molar-refractivity contribution < 1.29 is 29.0 Å². The third kappa shape index (κ3) is 15.3. The number of ether oxygens (including phenoxy) is 2. The molecule has 2 amide bonds. The third-order valence-corrected chi connectivity index (χ3v) is 4.65. The van der Waals surface area contributed by atoms with E-state index in [2.05, 4.69) is 23.8 Å². The number of hydrogen-bond acceptors (Lipinski definition) is 6. The van der Waals surface area contributed by atoms with Crippen molar-refractivity contribution in [3.63, 3.8) is 0 Å². The molecule has 0 aliphatic rings. The Morgan fingerprint density at radius 1 is 1.10 bits per heavy atom. The van der Waals surface area contributed by atoms with Crippen LogP contribution >= 0.6 is 0 Å². The van der Waals surface area contributed by atoms with Gasteiger partial charge in [-0.25, -0.2) is 0 Å². The number of esters is 1. The molecule has 8 heteroatoms. The first-order valence-electron chi connectivity index (χ1n) is 11.0. The minimum Gasteiger partial charge on any atom is -0.463 e. The van der Waals surface area contributed by atoms with Crippen LogP contribution in [0.15, 0.2) is 25.3 Å². The summed E-state index contributed by atoms with van der Waals surface area (Å²) in [6.45, 7) is 12.0. The van der Waals surface area contributed by atoms with Crippen LogP contribution in [0.1, 0.15) is 52.4 Å². The SMILES string of the molecule is C=CCCCCC(=O)OCC(NC(=O)C(CC=C)CC(=O)NCCOCCO)C(C)C. The fourth-order valence-corrected chi connectivity index (χ4v) is 2.72. The highest BCUT2D eigenvalue weighted by atomic mass is 16.5. The summed E-state index contributed by atoms with van der Waals surface area (Å²) in [6, 6.07) is -0.341. The average Bonchev–Trinajstić information content (AvgIpc) is 2.73. The molecule has 2 unspecified atom stereocenters. The number of unbranched alkanes of at least 4 members (excludes halogenated alkanes) is 2. The summed E-state index contributed by atoms with van der Waals surface area (Å²) in [7, 11) is 0. The predicted octanol–water partition coefficient (Wildman–Crippen LogP) is 2.12. The second kappa shape index (κ2) is 18.6. The van der Waals surface area contributed by atoms with Crippen LogP contribution in [0.2, 0.25) is 0 Å². The van der Waals surface area contributed by atoms with Crippen molar-refractivity contribution in [2.24, 2.45) is 11.8 Å². The van der Waals surface area contributed by atoms with Gasteiger partial charge in [0.05, 0.1) is 31.8 Å². The van der Waals surface area contributed by atoms with Gasteiger partial charge in [-0.15, -0.1) is 13.2 Å². The molecule has 0 aromatic rings. The van der Waals surface area contributed by atoms with Gasteiger partial charge in [0.25, 0.3) is 0 Å². The molecule has 0 saturated carbocycles. The maximum atomic E-state index is 12.7. The number of amides is 2. The van der Waals surface area contributed by atoms with Crippen molar-refractivity contribution in [3.8, 4) is 0 Å². The van der Waals surface area contributed by atoms with Gasteiger partial charge < -0.3 is 25.2 Å². The first-order valence-corrected chi connectivity index (χ1v) is 11.0. The molecule has 0 aliphatic heterocycles. The molecule has 0 spiro atoms. The van der Waals surface area contributed by atoms with Crippen LogP contribution in [0.5, 0.6) is 0 Å². The highest BCUT2D eigenvalue weighted by Crippen LogP contribution is 2.12. The van der Waals surface area contributed by atoms with Gasteiger partial charge in [0.1, 0.15) is 6.61 Å². The van der Waals surface area contributed by atoms with Crippen LogP contribution in [0.4, 0.5) is 0 Å². The Hall–Kier alpha value is -2.19. The lowest BCUT2D eigenvalue weighted by molar-refractivity contribution is -0.145. The second-order valence-electron chi connectivity index (χ2n) is 7.69. The molecule has 0 rings (SSSR count). The van der Waals surface area contributed by atoms with Crippen LogP contribution in [0, 0.1) is 11.8 Å². The molecular formula is C23H40N2O6. The first-order chi connectivity index (χ1) is 14.8. The number of aliphatic hydroxyl groups is 1. The lowest BCUT2D eigenvalue weighted by Gasteiger charge is -2.25. The van der Waals surface area contributed by atoms with E-state index in [1.54, 1.807) is 6.08 Å². The van der Waals surface area contributed by atoms with E-state index in [0.29, 0.717) is 26.0 Å². The topological polar surface area (TPSA) is 114 Å². The smallest absolute Gasteiger partial charge is 0.305 e. The van der Waals surface area contributed by atoms with Crippen molar-refractivity contribution >= 4 is 17.8 Å². The third-order valence-electron chi connectivity index (χ3n) is 4.65. The Labute approximate surface area is 186 Å². The number of carbonyl (C=O) groups is 3. The lowest BCUT2D eigenvalue weighted by Crippen LogP contribution is -2.45. The van der Waals surface area contributed by atoms with E-state index < -0.39 is 5.92 Å². The minimum absolute atomic E-state index is 0.0196. The van der Waals surface area contributed by atoms with Gasteiger partial charge in [0, 0.05) is 19.4 Å². The Balaban J connectivity index is 4.56. The van der Waals surface area contributed by atoms with Crippen LogP contribution in [-0.4, -0.2) is 61.9 Å². The van der Waals surface area contributed by atoms with Crippen LogP contribution in [-0.2, 0) is 23.9 Å². The number of aliphatic hydroxyl groups excluding tert-OH is 1. The van der Waals surface area contributed by atoms with E-state index in [1.807, 2.05) is 19.9 Å². The number of nitrogens with one attached hydrogen (secondary N) is 2. The highest BCUT2D eigenvalue weighted by molar-refractivity contribution is 5.86. The quantitative estimate of drug-likeness (QED) is 0.161. The monoisotopic (exact) mass is 440 g/mol. The molecule has 3 N–H and O–H groups in total. The van der Waals surface area contributed by atoms with Crippen LogP contribution in [0.25, 0.3) is 0 Å². The summed E-state index contributed by atoms with van der Waals surface area (Å²) in [4.78, 5) is 36.8. The molecule has 0 heterocycles. The van der Waals surface area contributed by atoms with Gasteiger partial charge in [-0.2, -0.15) is 0 Å². The predicted molar refractivity (Wildman–Crippen MR) is 120 cm³/mol. The summed E-state index contributed by atoms with van der Waals surface area (Å²) in [6.07, 6.45) is 6.64. The van der Waals surface area contributed by atoms with E-state index in [-0.39, 0.29) is 56.0 Å². The first kappa shape index (κ1) is 28.8. The summed E-state index contributed by atoms with van der Waals surface area (Å²) in [5.74, 6) is -1.32. The molecular weight excluding hydrogens is 400 g/mol. The standard InChI is InChI=1S/C23H40N2O6/c1-5-7-8-9-11-22(28)31-17-20(18(3)4)25-23(29)19(10-6-2)16-21(27)24-12-14-30-15-13-26/h5-6,18-20,26H,1-2,7-17H2,3-4H3,(H,24,27)(H,25,29). The van der Waals surface area contributed by atoms with Crippen molar-refractivity contribution in [2.45, 2.75) is 58.4 Å². The highest BCUT2D eigenvalue weighted by Gasteiger charge is 2.25. The fourth-order valence-electron chi connectivity index (χ4n) is 2.72. The Bertz CT molecular complexity index is 550. The molecule has 0 aromatic heterocycles. The fraction of sp³-hybridized carbons (Fsp3) is 0.696. The zero-order valence-corrected chi connectivity index (χ0v) is 19.1. The lowest BCUT2D eigenvalue weighted by atomic mass is 9.97. The zero-order valence-electron chi connectivity index (χ0n) is 19.1. The second-order valence-corrected chi connectivity index (χ2v) is 7.69. The normalized spacial score (nSPS) is 12.6. The molecule has 0 fully saturated rings. The molecule has 0 saturated heterocycles. The van der Waals surface area contributed by atoms with Gasteiger partial charge in [-0.3, -0.25) is 14.4 Å². The molecule has 31 heavy (non-hydrogen) atoms. The minimum atomic E-state index is -0.563. The van der Waals surface area contributed by atoms with Gasteiger partial charge in [0.15, 0.2) is 0 Å².